The molecule has 2 rings (SSSR count). The second-order valence-corrected chi connectivity index (χ2v) is 7.99. The number of aromatic nitrogens is 1. The van der Waals surface area contributed by atoms with Crippen LogP contribution in [0.25, 0.3) is 0 Å². The number of sulfonamides is 1. The van der Waals surface area contributed by atoms with Crippen molar-refractivity contribution in [3.8, 4) is 5.75 Å². The first-order chi connectivity index (χ1) is 10.6. The Bertz CT molecular complexity index is 788. The van der Waals surface area contributed by atoms with Gasteiger partial charge in [0.1, 0.15) is 5.75 Å². The molecular formula is C13H13F3N2O3S2. The van der Waals surface area contributed by atoms with Crippen LogP contribution in [0.1, 0.15) is 9.88 Å². The highest BCUT2D eigenvalue weighted by Crippen LogP contribution is 2.26. The summed E-state index contributed by atoms with van der Waals surface area (Å²) in [5.74, 6) is -0.583. The number of alkyl halides is 3. The Labute approximate surface area is 135 Å². The van der Waals surface area contributed by atoms with E-state index in [9.17, 15) is 21.6 Å². The summed E-state index contributed by atoms with van der Waals surface area (Å²) < 4.78 is 66.4. The Morgan fingerprint density at radius 3 is 2.61 bits per heavy atom. The molecule has 0 bridgehead atoms. The number of nitrogens with zero attached hydrogens (tertiary/aromatic N) is 2. The maximum Gasteiger partial charge on any atom is 0.573 e. The average molecular weight is 366 g/mol. The lowest BCUT2D eigenvalue weighted by atomic mass is 10.3. The smallest absolute Gasteiger partial charge is 0.406 e. The van der Waals surface area contributed by atoms with Crippen LogP contribution in [0.5, 0.6) is 5.75 Å². The maximum absolute atomic E-state index is 12.4. The Morgan fingerprint density at radius 1 is 1.35 bits per heavy atom. The van der Waals surface area contributed by atoms with E-state index in [4.69, 9.17) is 0 Å². The molecule has 1 heterocycles. The van der Waals surface area contributed by atoms with Crippen molar-refractivity contribution >= 4 is 21.4 Å². The minimum absolute atomic E-state index is 0.0815. The van der Waals surface area contributed by atoms with Crippen molar-refractivity contribution in [2.24, 2.45) is 0 Å². The molecule has 126 valence electrons. The van der Waals surface area contributed by atoms with Gasteiger partial charge >= 0.3 is 6.36 Å². The van der Waals surface area contributed by atoms with Crippen molar-refractivity contribution in [2.75, 3.05) is 7.05 Å². The molecule has 0 saturated carbocycles. The lowest BCUT2D eigenvalue weighted by molar-refractivity contribution is -0.274. The molecule has 0 aliphatic heterocycles. The van der Waals surface area contributed by atoms with E-state index in [0.717, 1.165) is 26.3 Å². The highest BCUT2D eigenvalue weighted by Gasteiger charge is 2.32. The van der Waals surface area contributed by atoms with E-state index in [1.54, 1.807) is 13.1 Å². The summed E-state index contributed by atoms with van der Waals surface area (Å²) in [4.78, 5) is 4.49. The molecule has 0 radical (unpaired) electrons. The topological polar surface area (TPSA) is 59.5 Å². The molecule has 0 aliphatic rings. The maximum atomic E-state index is 12.4. The molecule has 0 saturated heterocycles. The van der Waals surface area contributed by atoms with Crippen LogP contribution < -0.4 is 4.74 Å². The zero-order chi connectivity index (χ0) is 17.3. The standard InChI is InChI=1S/C13H13F3N2O3S2/c1-9-17-7-11(22-9)8-18(2)23(19,20)12-5-3-4-10(6-12)21-13(14,15)16/h3-7H,8H2,1-2H3. The van der Waals surface area contributed by atoms with Crippen molar-refractivity contribution in [3.05, 3.63) is 40.3 Å². The minimum atomic E-state index is -4.88. The van der Waals surface area contributed by atoms with E-state index < -0.39 is 22.1 Å². The third-order valence-electron chi connectivity index (χ3n) is 2.79. The van der Waals surface area contributed by atoms with Crippen molar-refractivity contribution in [1.29, 1.82) is 0 Å². The highest BCUT2D eigenvalue weighted by atomic mass is 32.2. The van der Waals surface area contributed by atoms with Gasteiger partial charge in [0, 0.05) is 30.7 Å². The third-order valence-corrected chi connectivity index (χ3v) is 5.49. The summed E-state index contributed by atoms with van der Waals surface area (Å²) in [6, 6.07) is 4.29. The van der Waals surface area contributed by atoms with Gasteiger partial charge in [0.15, 0.2) is 0 Å². The predicted octanol–water partition coefficient (Wildman–Crippen LogP) is 3.17. The molecule has 10 heteroatoms. The van der Waals surface area contributed by atoms with E-state index in [1.165, 1.54) is 30.5 Å². The van der Waals surface area contributed by atoms with Gasteiger partial charge in [-0.15, -0.1) is 24.5 Å². The number of rotatable bonds is 5. The molecule has 5 nitrogen and oxygen atoms in total. The minimum Gasteiger partial charge on any atom is -0.406 e. The van der Waals surface area contributed by atoms with Crippen LogP contribution in [0.2, 0.25) is 0 Å². The number of halogens is 3. The van der Waals surface area contributed by atoms with Gasteiger partial charge in [-0.2, -0.15) is 4.31 Å². The second kappa shape index (κ2) is 6.46. The third kappa shape index (κ3) is 4.66. The molecule has 0 unspecified atom stereocenters. The van der Waals surface area contributed by atoms with Gasteiger partial charge in [-0.25, -0.2) is 13.4 Å². The van der Waals surface area contributed by atoms with Gasteiger partial charge in [-0.3, -0.25) is 0 Å². The van der Waals surface area contributed by atoms with E-state index in [2.05, 4.69) is 9.72 Å². The van der Waals surface area contributed by atoms with E-state index in [1.807, 2.05) is 0 Å². The summed E-state index contributed by atoms with van der Waals surface area (Å²) in [5, 5.41) is 0.798. The number of ether oxygens (including phenoxy) is 1. The fourth-order valence-corrected chi connectivity index (χ4v) is 3.91. The van der Waals surface area contributed by atoms with E-state index >= 15 is 0 Å². The van der Waals surface area contributed by atoms with Crippen molar-refractivity contribution in [3.63, 3.8) is 0 Å². The number of thiazole rings is 1. The highest BCUT2D eigenvalue weighted by molar-refractivity contribution is 7.89. The Hall–Kier alpha value is -1.65. The van der Waals surface area contributed by atoms with Crippen molar-refractivity contribution < 1.29 is 26.3 Å². The van der Waals surface area contributed by atoms with Crippen LogP contribution in [0.15, 0.2) is 35.4 Å². The SMILES string of the molecule is Cc1ncc(CN(C)S(=O)(=O)c2cccc(OC(F)(F)F)c2)s1. The van der Waals surface area contributed by atoms with Gasteiger partial charge in [0.25, 0.3) is 0 Å². The average Bonchev–Trinajstić information content (AvgIpc) is 2.82. The zero-order valence-electron chi connectivity index (χ0n) is 12.2. The van der Waals surface area contributed by atoms with Crippen molar-refractivity contribution in [1.82, 2.24) is 9.29 Å². The first-order valence-electron chi connectivity index (χ1n) is 6.31. The summed E-state index contributed by atoms with van der Waals surface area (Å²) in [6.45, 7) is 1.87. The number of aryl methyl sites for hydroxylation is 1. The van der Waals surface area contributed by atoms with Crippen LogP contribution >= 0.6 is 11.3 Å². The monoisotopic (exact) mass is 366 g/mol. The van der Waals surface area contributed by atoms with Crippen LogP contribution in [0.3, 0.4) is 0 Å². The molecule has 1 aromatic carbocycles. The Balaban J connectivity index is 2.23. The molecule has 0 N–H and O–H groups in total. The molecule has 0 spiro atoms. The predicted molar refractivity (Wildman–Crippen MR) is 78.6 cm³/mol. The van der Waals surface area contributed by atoms with Gasteiger partial charge in [0.05, 0.1) is 9.90 Å². The van der Waals surface area contributed by atoms with Crippen LogP contribution in [0, 0.1) is 6.92 Å². The normalized spacial score (nSPS) is 12.6. The van der Waals surface area contributed by atoms with Gasteiger partial charge < -0.3 is 4.74 Å². The Kier molecular flexibility index (Phi) is 4.97. The summed E-state index contributed by atoms with van der Waals surface area (Å²) in [6.07, 6.45) is -3.32. The molecule has 0 aliphatic carbocycles. The van der Waals surface area contributed by atoms with Crippen molar-refractivity contribution in [2.45, 2.75) is 24.7 Å². The second-order valence-electron chi connectivity index (χ2n) is 4.63. The largest absolute Gasteiger partial charge is 0.573 e. The quantitative estimate of drug-likeness (QED) is 0.816. The summed E-state index contributed by atoms with van der Waals surface area (Å²) in [7, 11) is -2.59. The summed E-state index contributed by atoms with van der Waals surface area (Å²) >= 11 is 1.35. The number of benzene rings is 1. The molecule has 1 aromatic heterocycles. The molecular weight excluding hydrogens is 353 g/mol. The molecule has 0 amide bonds. The molecule has 2 aromatic rings. The zero-order valence-corrected chi connectivity index (χ0v) is 13.8. The van der Waals surface area contributed by atoms with Crippen LogP contribution in [-0.2, 0) is 16.6 Å². The van der Waals surface area contributed by atoms with E-state index in [-0.39, 0.29) is 11.4 Å². The Morgan fingerprint density at radius 2 is 2.04 bits per heavy atom. The van der Waals surface area contributed by atoms with Crippen LogP contribution in [0.4, 0.5) is 13.2 Å². The van der Waals surface area contributed by atoms with Crippen LogP contribution in [-0.4, -0.2) is 31.1 Å². The van der Waals surface area contributed by atoms with E-state index in [0.29, 0.717) is 0 Å². The molecule has 0 atom stereocenters. The number of hydrogen-bond donors (Lipinski definition) is 0. The number of hydrogen-bond acceptors (Lipinski definition) is 5. The lowest BCUT2D eigenvalue weighted by Crippen LogP contribution is -2.26. The van der Waals surface area contributed by atoms with Gasteiger partial charge in [-0.1, -0.05) is 6.07 Å². The molecule has 23 heavy (non-hydrogen) atoms. The molecule has 0 fully saturated rings. The summed E-state index contributed by atoms with van der Waals surface area (Å²) in [5.41, 5.74) is 0. The first-order valence-corrected chi connectivity index (χ1v) is 8.57. The fourth-order valence-electron chi connectivity index (χ4n) is 1.79. The lowest BCUT2D eigenvalue weighted by Gasteiger charge is -2.17. The first kappa shape index (κ1) is 17.7. The fraction of sp³-hybridized carbons (Fsp3) is 0.308. The van der Waals surface area contributed by atoms with Gasteiger partial charge in [-0.05, 0) is 19.1 Å². The van der Waals surface area contributed by atoms with Gasteiger partial charge in [0.2, 0.25) is 10.0 Å².